The Hall–Kier alpha value is -2.24. The first-order valence-electron chi connectivity index (χ1n) is 5.82. The predicted octanol–water partition coefficient (Wildman–Crippen LogP) is 2.77. The van der Waals surface area contributed by atoms with E-state index in [1.54, 1.807) is 6.20 Å². The van der Waals surface area contributed by atoms with E-state index in [4.69, 9.17) is 4.74 Å². The maximum Gasteiger partial charge on any atom is 0.200 e. The average molecular weight is 265 g/mol. The molecule has 19 heavy (non-hydrogen) atoms. The third-order valence-corrected chi connectivity index (χ3v) is 2.35. The van der Waals surface area contributed by atoms with Gasteiger partial charge in [-0.25, -0.2) is 9.37 Å². The van der Waals surface area contributed by atoms with Gasteiger partial charge < -0.3 is 10.1 Å². The Morgan fingerprint density at radius 2 is 2.05 bits per heavy atom. The van der Waals surface area contributed by atoms with Gasteiger partial charge in [-0.3, -0.25) is 4.98 Å². The summed E-state index contributed by atoms with van der Waals surface area (Å²) < 4.78 is 31.4. The van der Waals surface area contributed by atoms with Crippen LogP contribution in [-0.4, -0.2) is 16.5 Å². The molecule has 0 amide bonds. The van der Waals surface area contributed by atoms with Crippen molar-refractivity contribution in [2.24, 2.45) is 0 Å². The van der Waals surface area contributed by atoms with Gasteiger partial charge in [0.2, 0.25) is 5.82 Å². The number of anilines is 1. The molecular formula is C13H13F2N3O. The molecule has 4 nitrogen and oxygen atoms in total. The van der Waals surface area contributed by atoms with E-state index in [9.17, 15) is 8.78 Å². The first kappa shape index (κ1) is 13.2. The van der Waals surface area contributed by atoms with E-state index in [0.717, 1.165) is 12.6 Å². The zero-order valence-corrected chi connectivity index (χ0v) is 10.4. The predicted molar refractivity (Wildman–Crippen MR) is 66.9 cm³/mol. The summed E-state index contributed by atoms with van der Waals surface area (Å²) in [6, 6.07) is 3.78. The zero-order valence-electron chi connectivity index (χ0n) is 10.4. The molecule has 0 aliphatic carbocycles. The van der Waals surface area contributed by atoms with E-state index >= 15 is 0 Å². The number of benzene rings is 1. The lowest BCUT2D eigenvalue weighted by Gasteiger charge is -2.07. The summed E-state index contributed by atoms with van der Waals surface area (Å²) in [4.78, 5) is 8.20. The van der Waals surface area contributed by atoms with Gasteiger partial charge in [-0.1, -0.05) is 6.07 Å². The van der Waals surface area contributed by atoms with Crippen molar-refractivity contribution in [3.63, 3.8) is 0 Å². The van der Waals surface area contributed by atoms with Crippen LogP contribution in [-0.2, 0) is 6.61 Å². The van der Waals surface area contributed by atoms with Gasteiger partial charge in [0.25, 0.3) is 0 Å². The molecule has 2 rings (SSSR count). The molecule has 0 aliphatic rings. The van der Waals surface area contributed by atoms with Gasteiger partial charge in [-0.15, -0.1) is 0 Å². The van der Waals surface area contributed by atoms with E-state index in [2.05, 4.69) is 15.3 Å². The monoisotopic (exact) mass is 265 g/mol. The Morgan fingerprint density at radius 1 is 1.21 bits per heavy atom. The van der Waals surface area contributed by atoms with Crippen LogP contribution in [0.4, 0.5) is 14.6 Å². The third kappa shape index (κ3) is 3.37. The largest absolute Gasteiger partial charge is 0.484 e. The molecule has 0 saturated carbocycles. The number of hydrogen-bond acceptors (Lipinski definition) is 4. The minimum atomic E-state index is -1.00. The minimum absolute atomic E-state index is 0.0276. The first-order chi connectivity index (χ1) is 9.20. The molecular weight excluding hydrogens is 252 g/mol. The van der Waals surface area contributed by atoms with Gasteiger partial charge in [0, 0.05) is 6.54 Å². The van der Waals surface area contributed by atoms with E-state index < -0.39 is 11.6 Å². The Bertz CT molecular complexity index is 546. The van der Waals surface area contributed by atoms with Gasteiger partial charge in [0.15, 0.2) is 11.6 Å². The Balaban J connectivity index is 2.00. The first-order valence-corrected chi connectivity index (χ1v) is 5.82. The molecule has 0 atom stereocenters. The summed E-state index contributed by atoms with van der Waals surface area (Å²) in [5.74, 6) is -1.42. The molecule has 6 heteroatoms. The molecule has 100 valence electrons. The normalized spacial score (nSPS) is 10.3. The van der Waals surface area contributed by atoms with Crippen LogP contribution in [0.3, 0.4) is 0 Å². The van der Waals surface area contributed by atoms with Crippen LogP contribution in [0.15, 0.2) is 30.6 Å². The fourth-order valence-corrected chi connectivity index (χ4v) is 1.45. The molecule has 0 unspecified atom stereocenters. The van der Waals surface area contributed by atoms with Gasteiger partial charge in [0.05, 0.1) is 18.1 Å². The van der Waals surface area contributed by atoms with E-state index in [1.807, 2.05) is 6.92 Å². The summed E-state index contributed by atoms with van der Waals surface area (Å²) in [5.41, 5.74) is 0.533. The third-order valence-electron chi connectivity index (χ3n) is 2.35. The van der Waals surface area contributed by atoms with Crippen LogP contribution in [0.1, 0.15) is 12.6 Å². The molecule has 1 heterocycles. The second-order valence-electron chi connectivity index (χ2n) is 3.76. The Labute approximate surface area is 109 Å². The molecule has 0 bridgehead atoms. The highest BCUT2D eigenvalue weighted by molar-refractivity contribution is 5.30. The van der Waals surface area contributed by atoms with Crippen molar-refractivity contribution in [2.75, 3.05) is 11.9 Å². The summed E-state index contributed by atoms with van der Waals surface area (Å²) in [6.45, 7) is 2.73. The number of nitrogens with one attached hydrogen (secondary N) is 1. The summed E-state index contributed by atoms with van der Waals surface area (Å²) in [7, 11) is 0. The summed E-state index contributed by atoms with van der Waals surface area (Å²) >= 11 is 0. The van der Waals surface area contributed by atoms with Gasteiger partial charge >= 0.3 is 0 Å². The average Bonchev–Trinajstić information content (AvgIpc) is 2.42. The highest BCUT2D eigenvalue weighted by Gasteiger charge is 2.09. The van der Waals surface area contributed by atoms with Crippen LogP contribution < -0.4 is 10.1 Å². The molecule has 1 aromatic carbocycles. The molecule has 0 fully saturated rings. The Kier molecular flexibility index (Phi) is 4.22. The molecule has 2 aromatic rings. The number of ether oxygens (including phenoxy) is 1. The van der Waals surface area contributed by atoms with Crippen LogP contribution in [0.5, 0.6) is 5.75 Å². The maximum atomic E-state index is 13.3. The number of rotatable bonds is 5. The van der Waals surface area contributed by atoms with Crippen molar-refractivity contribution < 1.29 is 13.5 Å². The van der Waals surface area contributed by atoms with Crippen molar-refractivity contribution in [3.05, 3.63) is 47.9 Å². The smallest absolute Gasteiger partial charge is 0.200 e. The lowest BCUT2D eigenvalue weighted by atomic mass is 10.3. The van der Waals surface area contributed by atoms with E-state index in [1.165, 1.54) is 18.3 Å². The van der Waals surface area contributed by atoms with Crippen LogP contribution in [0.2, 0.25) is 0 Å². The second-order valence-corrected chi connectivity index (χ2v) is 3.76. The van der Waals surface area contributed by atoms with Crippen molar-refractivity contribution >= 4 is 5.82 Å². The Morgan fingerprint density at radius 3 is 2.74 bits per heavy atom. The highest BCUT2D eigenvalue weighted by atomic mass is 19.2. The molecule has 0 spiro atoms. The van der Waals surface area contributed by atoms with Crippen molar-refractivity contribution in [1.82, 2.24) is 9.97 Å². The number of aromatic nitrogens is 2. The molecule has 0 aliphatic heterocycles. The van der Waals surface area contributed by atoms with Crippen molar-refractivity contribution in [2.45, 2.75) is 13.5 Å². The minimum Gasteiger partial charge on any atom is -0.484 e. The SMILES string of the molecule is CCNc1cnc(COc2cccc(F)c2F)cn1. The van der Waals surface area contributed by atoms with E-state index in [-0.39, 0.29) is 12.4 Å². The quantitative estimate of drug-likeness (QED) is 0.903. The van der Waals surface area contributed by atoms with Gasteiger partial charge in [0.1, 0.15) is 12.4 Å². The highest BCUT2D eigenvalue weighted by Crippen LogP contribution is 2.19. The van der Waals surface area contributed by atoms with Crippen LogP contribution in [0, 0.1) is 11.6 Å². The maximum absolute atomic E-state index is 13.3. The zero-order chi connectivity index (χ0) is 13.7. The fraction of sp³-hybridized carbons (Fsp3) is 0.231. The van der Waals surface area contributed by atoms with E-state index in [0.29, 0.717) is 11.5 Å². The molecule has 0 saturated heterocycles. The fourth-order valence-electron chi connectivity index (χ4n) is 1.45. The summed E-state index contributed by atoms with van der Waals surface area (Å²) in [5, 5.41) is 3.00. The lowest BCUT2D eigenvalue weighted by Crippen LogP contribution is -2.04. The van der Waals surface area contributed by atoms with Crippen LogP contribution in [0.25, 0.3) is 0 Å². The van der Waals surface area contributed by atoms with Crippen LogP contribution >= 0.6 is 0 Å². The van der Waals surface area contributed by atoms with Gasteiger partial charge in [-0.05, 0) is 19.1 Å². The molecule has 1 N–H and O–H groups in total. The number of nitrogens with zero attached hydrogens (tertiary/aromatic N) is 2. The number of halogens is 2. The van der Waals surface area contributed by atoms with Gasteiger partial charge in [-0.2, -0.15) is 4.39 Å². The standard InChI is InChI=1S/C13H13F2N3O/c1-2-16-12-7-17-9(6-18-12)8-19-11-5-3-4-10(14)13(11)15/h3-7H,2,8H2,1H3,(H,16,18). The number of hydrogen-bond donors (Lipinski definition) is 1. The van der Waals surface area contributed by atoms with Crippen molar-refractivity contribution in [1.29, 1.82) is 0 Å². The molecule has 1 aromatic heterocycles. The topological polar surface area (TPSA) is 47.0 Å². The second kappa shape index (κ2) is 6.08. The molecule has 0 radical (unpaired) electrons. The van der Waals surface area contributed by atoms with Crippen molar-refractivity contribution in [3.8, 4) is 5.75 Å². The summed E-state index contributed by atoms with van der Waals surface area (Å²) in [6.07, 6.45) is 3.08. The lowest BCUT2D eigenvalue weighted by molar-refractivity contribution is 0.280.